The van der Waals surface area contributed by atoms with E-state index in [0.29, 0.717) is 92.4 Å². The first kappa shape index (κ1) is 93.0. The van der Waals surface area contributed by atoms with Gasteiger partial charge in [0.25, 0.3) is 12.5 Å². The maximum atomic E-state index is 10.1. The van der Waals surface area contributed by atoms with E-state index in [-0.39, 0.29) is 5.25 Å². The van der Waals surface area contributed by atoms with Gasteiger partial charge >= 0.3 is 0 Å². The number of hydrogen-bond acceptors (Lipinski definition) is 36. The highest BCUT2D eigenvalue weighted by Gasteiger charge is 2.13. The van der Waals surface area contributed by atoms with Crippen molar-refractivity contribution in [1.82, 2.24) is 0 Å². The summed E-state index contributed by atoms with van der Waals surface area (Å²) in [5.41, 5.74) is 0. The molecule has 0 saturated carbocycles. The van der Waals surface area contributed by atoms with Crippen molar-refractivity contribution in [2.24, 2.45) is 49.9 Å². The summed E-state index contributed by atoms with van der Waals surface area (Å²) in [4.78, 5) is 135. The van der Waals surface area contributed by atoms with Crippen molar-refractivity contribution >= 4 is 202 Å². The van der Waals surface area contributed by atoms with Crippen molar-refractivity contribution < 1.29 is 57.4 Å². The lowest BCUT2D eigenvalue weighted by molar-refractivity contribution is 0.264. The van der Waals surface area contributed by atoms with E-state index in [0.717, 1.165) is 156 Å². The predicted molar refractivity (Wildman–Crippen MR) is 384 cm³/mol. The zero-order valence-electron chi connectivity index (χ0n) is 50.3. The van der Waals surface area contributed by atoms with Gasteiger partial charge < -0.3 is 9.47 Å². The van der Waals surface area contributed by atoms with Crippen LogP contribution in [-0.2, 0) is 57.4 Å². The Balaban J connectivity index is -0.000000553. The quantitative estimate of drug-likeness (QED) is 0.0236. The Bertz CT molecular complexity index is 2250. The predicted octanol–water partition coefficient (Wildman–Crippen LogP) is 9.96. The van der Waals surface area contributed by atoms with Gasteiger partial charge in [0.05, 0.1) is 63.4 Å². The molecule has 0 aromatic rings. The van der Waals surface area contributed by atoms with Crippen LogP contribution >= 0.6 is 141 Å². The maximum Gasteiger partial charge on any atom is 0.286 e. The number of nitrogens with zero attached hydrogens (tertiary/aromatic N) is 12. The van der Waals surface area contributed by atoms with E-state index in [1.807, 2.05) is 70.6 Å². The number of isocyanates is 10. The van der Waals surface area contributed by atoms with E-state index in [2.05, 4.69) is 59.4 Å². The minimum absolute atomic E-state index is 0.237. The summed E-state index contributed by atoms with van der Waals surface area (Å²) in [5.74, 6) is 17.4. The standard InChI is InChI=1S/C18H29N3O3S3.C15H23N3O3S3.C12H17N3O3S3.C9H11N3O3S3/c19-15-24-9-3-6-11-26-14-18(27-12-5-2-8-21-17-23)13-25-10-4-1-7-20-16-22;16-12-21-6-3-8-23-11-15(24-9-2-5-18-14-20)10-22-7-1-4-17-13-19;16-9-13-1-4-19-7-12(21-6-3-15-11-18)8-20-5-2-14-10-17;13-3-10-6-16-1-9(18-8-12-5-15)2-17-7-11-4-14/h18H,1-14H2;15H,1-11H2;12H,1-8H2;9H,1-2,6-8H2. The Hall–Kier alpha value is -3.42. The van der Waals surface area contributed by atoms with Crippen LogP contribution in [-0.4, -0.2) is 256 Å². The molecule has 24 nitrogen and oxygen atoms in total. The molecule has 0 bridgehead atoms. The number of unbranched alkanes of at least 4 members (excludes halogenated alkanes) is 3. The van der Waals surface area contributed by atoms with Gasteiger partial charge in [-0.15, -0.1) is 35.3 Å². The van der Waals surface area contributed by atoms with Crippen LogP contribution in [0.3, 0.4) is 0 Å². The highest BCUT2D eigenvalue weighted by Crippen LogP contribution is 2.26. The van der Waals surface area contributed by atoms with Crippen LogP contribution in [0.15, 0.2) is 49.9 Å². The molecule has 36 heteroatoms. The zero-order valence-corrected chi connectivity index (χ0v) is 60.1. The van der Waals surface area contributed by atoms with Crippen molar-refractivity contribution in [3.05, 3.63) is 0 Å². The van der Waals surface area contributed by atoms with Gasteiger partial charge in [-0.1, -0.05) is 0 Å². The summed E-state index contributed by atoms with van der Waals surface area (Å²) in [5, 5.41) is 18.4. The Kier molecular flexibility index (Phi) is 92.8. The molecule has 0 spiro atoms. The molecule has 2 unspecified atom stereocenters. The van der Waals surface area contributed by atoms with Crippen molar-refractivity contribution in [2.45, 2.75) is 78.8 Å². The van der Waals surface area contributed by atoms with E-state index < -0.39 is 0 Å². The van der Waals surface area contributed by atoms with E-state index in [4.69, 9.17) is 10.5 Å². The molecule has 0 N–H and O–H groups in total. The van der Waals surface area contributed by atoms with Gasteiger partial charge in [-0.25, -0.2) is 82.9 Å². The molecule has 500 valence electrons. The van der Waals surface area contributed by atoms with Crippen LogP contribution in [0.5, 0.6) is 0 Å². The molecule has 0 saturated heterocycles. The third-order valence-electron chi connectivity index (χ3n) is 9.62. The van der Waals surface area contributed by atoms with Gasteiger partial charge in [0.2, 0.25) is 60.8 Å². The SMILES string of the molecule is N#COCCCCSCC(CSCCCCN=C=O)SCCCCN=C=O.N#COCCCSCC(CSCCCN=C=O)SCCCN=C=O.O=C=NCCSCC(CSCCN=C=O)SCCN=C=O.O=C=NCSCC(CSCN=C=O)SCN=C=O. The first-order valence-corrected chi connectivity index (χ1v) is 41.3. The van der Waals surface area contributed by atoms with Crippen LogP contribution in [0.4, 0.5) is 0 Å². The minimum Gasteiger partial charge on any atom is -0.428 e. The van der Waals surface area contributed by atoms with E-state index in [1.54, 1.807) is 72.1 Å². The number of hydrogen-bond donors (Lipinski definition) is 0. The Morgan fingerprint density at radius 3 is 0.956 bits per heavy atom. The van der Waals surface area contributed by atoms with Crippen LogP contribution in [0.1, 0.15) is 57.8 Å². The molecule has 0 aliphatic rings. The van der Waals surface area contributed by atoms with E-state index >= 15 is 0 Å². The average Bonchev–Trinajstić information content (AvgIpc) is 3.66. The van der Waals surface area contributed by atoms with E-state index in [1.165, 1.54) is 71.8 Å². The smallest absolute Gasteiger partial charge is 0.286 e. The Labute approximate surface area is 580 Å². The highest BCUT2D eigenvalue weighted by atomic mass is 32.2. The second kappa shape index (κ2) is 89.8. The van der Waals surface area contributed by atoms with Gasteiger partial charge in [0.1, 0.15) is 13.2 Å². The van der Waals surface area contributed by atoms with Gasteiger partial charge in [0, 0.05) is 84.3 Å². The number of carbonyl (C=O) groups excluding carboxylic acids is 10. The number of thioether (sulfide) groups is 12. The van der Waals surface area contributed by atoms with Crippen molar-refractivity contribution in [2.75, 3.05) is 174 Å². The molecule has 90 heavy (non-hydrogen) atoms. The third-order valence-corrected chi connectivity index (χ3v) is 25.2. The van der Waals surface area contributed by atoms with Crippen molar-refractivity contribution in [3.63, 3.8) is 0 Å². The first-order valence-electron chi connectivity index (χ1n) is 27.9. The fourth-order valence-electron chi connectivity index (χ4n) is 5.63. The number of rotatable bonds is 62. The third kappa shape index (κ3) is 86.6. The monoisotopic (exact) mass is 1470 g/mol. The summed E-state index contributed by atoms with van der Waals surface area (Å²) in [7, 11) is 0. The summed E-state index contributed by atoms with van der Waals surface area (Å²) in [6.45, 7) is 4.70. The molecular weight excluding hydrogens is 1390 g/mol. The number of ether oxygens (including phenoxy) is 2. The summed E-state index contributed by atoms with van der Waals surface area (Å²) in [6.07, 6.45) is 27.3. The molecule has 0 aliphatic heterocycles. The Morgan fingerprint density at radius 2 is 0.533 bits per heavy atom. The van der Waals surface area contributed by atoms with Crippen LogP contribution in [0, 0.1) is 23.0 Å². The van der Waals surface area contributed by atoms with Crippen LogP contribution in [0.25, 0.3) is 0 Å². The number of aliphatic imine (C=N–C) groups is 10. The lowest BCUT2D eigenvalue weighted by Gasteiger charge is -2.16. The second-order valence-corrected chi connectivity index (χ2v) is 30.8. The second-order valence-electron chi connectivity index (χ2n) is 16.5. The molecule has 0 heterocycles. The molecule has 0 aromatic heterocycles. The maximum absolute atomic E-state index is 10.1. The zero-order chi connectivity index (χ0) is 66.6. The van der Waals surface area contributed by atoms with Crippen molar-refractivity contribution in [1.29, 1.82) is 10.5 Å². The van der Waals surface area contributed by atoms with Gasteiger partial charge in [-0.3, -0.25) is 0 Å². The summed E-state index contributed by atoms with van der Waals surface area (Å²) < 4.78 is 9.34. The van der Waals surface area contributed by atoms with Gasteiger partial charge in [0.15, 0.2) is 0 Å². The first-order chi connectivity index (χ1) is 44.4. The molecular formula is C54H80N12O12S12. The number of nitriles is 2. The van der Waals surface area contributed by atoms with E-state index in [9.17, 15) is 47.9 Å². The molecule has 0 fully saturated rings. The Morgan fingerprint density at radius 1 is 0.256 bits per heavy atom. The average molecular weight is 1470 g/mol. The highest BCUT2D eigenvalue weighted by molar-refractivity contribution is 8.07. The van der Waals surface area contributed by atoms with Gasteiger partial charge in [-0.2, -0.15) is 131 Å². The molecule has 0 radical (unpaired) electrons. The van der Waals surface area contributed by atoms with Crippen LogP contribution in [0.2, 0.25) is 0 Å². The summed E-state index contributed by atoms with van der Waals surface area (Å²) >= 11 is 21.3. The van der Waals surface area contributed by atoms with Crippen LogP contribution < -0.4 is 0 Å². The molecule has 0 aromatic carbocycles. The fraction of sp³-hybridized carbons (Fsp3) is 0.778. The molecule has 0 aliphatic carbocycles. The van der Waals surface area contributed by atoms with Crippen molar-refractivity contribution in [3.8, 4) is 12.5 Å². The summed E-state index contributed by atoms with van der Waals surface area (Å²) in [6, 6.07) is 0. The largest absolute Gasteiger partial charge is 0.428 e. The lowest BCUT2D eigenvalue weighted by atomic mass is 10.3. The normalized spacial score (nSPS) is 10.9. The van der Waals surface area contributed by atoms with Gasteiger partial charge in [-0.05, 0) is 92.3 Å². The topological polar surface area (TPSA) is 360 Å². The molecule has 0 rings (SSSR count). The molecule has 2 atom stereocenters. The minimum atomic E-state index is 0.237. The lowest BCUT2D eigenvalue weighted by Crippen LogP contribution is -2.13. The fourth-order valence-corrected chi connectivity index (χ4v) is 20.3. The molecule has 0 amide bonds.